The highest BCUT2D eigenvalue weighted by molar-refractivity contribution is 9.10. The van der Waals surface area contributed by atoms with Crippen LogP contribution in [0.25, 0.3) is 6.08 Å². The Hall–Kier alpha value is -2.74. The van der Waals surface area contributed by atoms with E-state index in [0.717, 1.165) is 39.8 Å². The Kier molecular flexibility index (Phi) is 5.08. The van der Waals surface area contributed by atoms with Crippen LogP contribution >= 0.6 is 15.9 Å². The molecule has 3 atom stereocenters. The maximum Gasteiger partial charge on any atom is 0.243 e. The SMILES string of the molecule is CC1CC1C(=O)Nn1ncc2c1NC1=C(C(=O)CC(C)(C)C1)C2/C=C/c1ccc(Br)cn1. The molecule has 8 heteroatoms. The van der Waals surface area contributed by atoms with Crippen molar-refractivity contribution in [2.75, 3.05) is 10.7 Å². The Balaban J connectivity index is 1.52. The van der Waals surface area contributed by atoms with Crippen LogP contribution in [0.5, 0.6) is 0 Å². The number of anilines is 1. The molecule has 3 aliphatic rings. The normalized spacial score (nSPS) is 25.9. The lowest BCUT2D eigenvalue weighted by Gasteiger charge is -2.37. The van der Waals surface area contributed by atoms with Crippen LogP contribution in [0.4, 0.5) is 5.82 Å². The number of Topliss-reactive ketones (excluding diaryl/α,β-unsaturated/α-hetero) is 1. The van der Waals surface area contributed by atoms with E-state index in [1.807, 2.05) is 24.3 Å². The number of nitrogens with zero attached hydrogens (tertiary/aromatic N) is 3. The predicted molar refractivity (Wildman–Crippen MR) is 126 cm³/mol. The number of nitrogens with one attached hydrogen (secondary N) is 2. The molecule has 2 aliphatic carbocycles. The first-order chi connectivity index (χ1) is 15.2. The summed E-state index contributed by atoms with van der Waals surface area (Å²) in [6.07, 6.45) is 9.61. The average molecular weight is 496 g/mol. The van der Waals surface area contributed by atoms with Gasteiger partial charge in [0.1, 0.15) is 0 Å². The Morgan fingerprint density at radius 3 is 2.78 bits per heavy atom. The topological polar surface area (TPSA) is 88.9 Å². The number of pyridine rings is 1. The molecule has 1 saturated carbocycles. The van der Waals surface area contributed by atoms with Crippen molar-refractivity contribution in [3.63, 3.8) is 0 Å². The third kappa shape index (κ3) is 3.92. The van der Waals surface area contributed by atoms with Gasteiger partial charge in [-0.2, -0.15) is 9.89 Å². The van der Waals surface area contributed by atoms with E-state index in [9.17, 15) is 9.59 Å². The van der Waals surface area contributed by atoms with Gasteiger partial charge in [-0.3, -0.25) is 14.6 Å². The standard InChI is InChI=1S/C24H26BrN5O2/c1-13-8-17(13)23(32)29-30-22-18(12-27-30)16(7-6-15-5-4-14(25)11-26-15)21-19(28-22)9-24(2,3)10-20(21)31/h4-7,11-13,16-17,28H,8-10H2,1-3H3,(H,29,32)/b7-6+. The Bertz CT molecular complexity index is 1160. The summed E-state index contributed by atoms with van der Waals surface area (Å²) in [5.41, 5.74) is 6.17. The number of aromatic nitrogens is 3. The number of ketones is 1. The summed E-state index contributed by atoms with van der Waals surface area (Å²) in [6.45, 7) is 6.29. The molecular formula is C24H26BrN5O2. The van der Waals surface area contributed by atoms with Crippen LogP contribution in [0.1, 0.15) is 57.2 Å². The minimum Gasteiger partial charge on any atom is -0.342 e. The van der Waals surface area contributed by atoms with E-state index in [1.54, 1.807) is 12.4 Å². The summed E-state index contributed by atoms with van der Waals surface area (Å²) < 4.78 is 0.912. The Morgan fingerprint density at radius 1 is 1.31 bits per heavy atom. The quantitative estimate of drug-likeness (QED) is 0.645. The van der Waals surface area contributed by atoms with E-state index in [2.05, 4.69) is 57.5 Å². The highest BCUT2D eigenvalue weighted by Gasteiger charge is 2.42. The monoisotopic (exact) mass is 495 g/mol. The van der Waals surface area contributed by atoms with Gasteiger partial charge < -0.3 is 5.32 Å². The number of hydrogen-bond donors (Lipinski definition) is 2. The molecule has 1 fully saturated rings. The van der Waals surface area contributed by atoms with E-state index in [1.165, 1.54) is 4.79 Å². The number of fused-ring (bicyclic) bond motifs is 1. The van der Waals surface area contributed by atoms with Gasteiger partial charge in [0.05, 0.1) is 11.9 Å². The van der Waals surface area contributed by atoms with Crippen molar-refractivity contribution in [2.45, 2.75) is 46.0 Å². The summed E-state index contributed by atoms with van der Waals surface area (Å²) in [4.78, 5) is 31.7. The van der Waals surface area contributed by atoms with Gasteiger partial charge in [-0.1, -0.05) is 26.8 Å². The first kappa shape index (κ1) is 21.1. The van der Waals surface area contributed by atoms with Gasteiger partial charge in [0, 0.05) is 45.8 Å². The predicted octanol–water partition coefficient (Wildman–Crippen LogP) is 4.63. The first-order valence-electron chi connectivity index (χ1n) is 10.9. The van der Waals surface area contributed by atoms with Crippen LogP contribution in [0.2, 0.25) is 0 Å². The van der Waals surface area contributed by atoms with Gasteiger partial charge in [-0.05, 0) is 58.3 Å². The number of amides is 1. The molecule has 2 aromatic rings. The molecule has 1 amide bonds. The van der Waals surface area contributed by atoms with Crippen molar-refractivity contribution in [3.8, 4) is 0 Å². The Morgan fingerprint density at radius 2 is 2.09 bits per heavy atom. The fourth-order valence-corrected chi connectivity index (χ4v) is 4.89. The van der Waals surface area contributed by atoms with Crippen LogP contribution in [-0.4, -0.2) is 26.6 Å². The van der Waals surface area contributed by atoms with Crippen LogP contribution < -0.4 is 10.7 Å². The van der Waals surface area contributed by atoms with Crippen molar-refractivity contribution < 1.29 is 9.59 Å². The zero-order valence-electron chi connectivity index (χ0n) is 18.4. The number of carbonyl (C=O) groups excluding carboxylic acids is 2. The van der Waals surface area contributed by atoms with E-state index >= 15 is 0 Å². The van der Waals surface area contributed by atoms with Crippen molar-refractivity contribution in [2.24, 2.45) is 17.3 Å². The van der Waals surface area contributed by atoms with Crippen LogP contribution in [-0.2, 0) is 9.59 Å². The molecule has 2 aromatic heterocycles. The molecule has 0 saturated heterocycles. The zero-order valence-corrected chi connectivity index (χ0v) is 19.9. The molecule has 0 radical (unpaired) electrons. The minimum absolute atomic E-state index is 0.0174. The fraction of sp³-hybridized carbons (Fsp3) is 0.417. The van der Waals surface area contributed by atoms with Gasteiger partial charge in [0.2, 0.25) is 5.91 Å². The molecule has 0 spiro atoms. The second-order valence-electron chi connectivity index (χ2n) is 9.85. The van der Waals surface area contributed by atoms with E-state index in [0.29, 0.717) is 18.2 Å². The summed E-state index contributed by atoms with van der Waals surface area (Å²) in [7, 11) is 0. The number of allylic oxidation sites excluding steroid dienone is 3. The lowest BCUT2D eigenvalue weighted by Crippen LogP contribution is -2.34. The molecule has 166 valence electrons. The summed E-state index contributed by atoms with van der Waals surface area (Å²) >= 11 is 3.41. The van der Waals surface area contributed by atoms with Gasteiger partial charge in [0.25, 0.3) is 0 Å². The highest BCUT2D eigenvalue weighted by atomic mass is 79.9. The van der Waals surface area contributed by atoms with E-state index in [-0.39, 0.29) is 28.9 Å². The smallest absolute Gasteiger partial charge is 0.243 e. The van der Waals surface area contributed by atoms with Crippen molar-refractivity contribution >= 4 is 39.5 Å². The van der Waals surface area contributed by atoms with E-state index in [4.69, 9.17) is 0 Å². The lowest BCUT2D eigenvalue weighted by molar-refractivity contribution is -0.119. The molecule has 2 N–H and O–H groups in total. The van der Waals surface area contributed by atoms with Crippen molar-refractivity contribution in [3.05, 3.63) is 57.6 Å². The fourth-order valence-electron chi connectivity index (χ4n) is 4.66. The van der Waals surface area contributed by atoms with Gasteiger partial charge >= 0.3 is 0 Å². The molecule has 32 heavy (non-hydrogen) atoms. The summed E-state index contributed by atoms with van der Waals surface area (Å²) in [6, 6.07) is 3.86. The molecule has 5 rings (SSSR count). The van der Waals surface area contributed by atoms with Crippen molar-refractivity contribution in [1.82, 2.24) is 14.9 Å². The Labute approximate surface area is 195 Å². The van der Waals surface area contributed by atoms with Gasteiger partial charge in [-0.15, -0.1) is 0 Å². The van der Waals surface area contributed by atoms with Crippen molar-refractivity contribution in [1.29, 1.82) is 0 Å². The molecule has 3 unspecified atom stereocenters. The summed E-state index contributed by atoms with van der Waals surface area (Å²) in [5.74, 6) is 1.06. The third-order valence-corrected chi connectivity index (χ3v) is 6.97. The maximum absolute atomic E-state index is 13.2. The second kappa shape index (κ2) is 7.69. The molecule has 0 bridgehead atoms. The highest BCUT2D eigenvalue weighted by Crippen LogP contribution is 2.47. The van der Waals surface area contributed by atoms with Crippen LogP contribution in [0, 0.1) is 17.3 Å². The molecule has 7 nitrogen and oxygen atoms in total. The average Bonchev–Trinajstić information content (AvgIpc) is 3.33. The second-order valence-corrected chi connectivity index (χ2v) is 10.8. The molecule has 0 aromatic carbocycles. The molecule has 1 aliphatic heterocycles. The van der Waals surface area contributed by atoms with Crippen LogP contribution in [0.15, 0.2) is 46.3 Å². The molecule has 3 heterocycles. The zero-order chi connectivity index (χ0) is 22.6. The lowest BCUT2D eigenvalue weighted by atomic mass is 9.71. The van der Waals surface area contributed by atoms with E-state index < -0.39 is 0 Å². The van der Waals surface area contributed by atoms with Gasteiger partial charge in [0.15, 0.2) is 11.6 Å². The number of halogens is 1. The number of hydrogen-bond acceptors (Lipinski definition) is 5. The minimum atomic E-state index is -0.249. The molecular weight excluding hydrogens is 470 g/mol. The largest absolute Gasteiger partial charge is 0.342 e. The third-order valence-electron chi connectivity index (χ3n) is 6.50. The number of rotatable bonds is 4. The maximum atomic E-state index is 13.2. The van der Waals surface area contributed by atoms with Crippen LogP contribution in [0.3, 0.4) is 0 Å². The summed E-state index contributed by atoms with van der Waals surface area (Å²) in [5, 5.41) is 7.87. The number of carbonyl (C=O) groups is 2. The van der Waals surface area contributed by atoms with Gasteiger partial charge in [-0.25, -0.2) is 5.43 Å². The first-order valence-corrected chi connectivity index (χ1v) is 11.7.